The number of ether oxygens (including phenoxy) is 1. The van der Waals surface area contributed by atoms with Gasteiger partial charge in [0.2, 0.25) is 0 Å². The summed E-state index contributed by atoms with van der Waals surface area (Å²) in [7, 11) is 0. The Balaban J connectivity index is 4.23. The van der Waals surface area contributed by atoms with E-state index in [1.54, 1.807) is 13.8 Å². The number of esters is 1. The Morgan fingerprint density at radius 2 is 1.73 bits per heavy atom. The van der Waals surface area contributed by atoms with Crippen molar-refractivity contribution in [3.63, 3.8) is 0 Å². The van der Waals surface area contributed by atoms with Gasteiger partial charge in [0.1, 0.15) is 0 Å². The van der Waals surface area contributed by atoms with Crippen molar-refractivity contribution in [2.24, 2.45) is 5.92 Å². The van der Waals surface area contributed by atoms with Gasteiger partial charge in [-0.2, -0.15) is 4.89 Å². The molecule has 0 aromatic heterocycles. The maximum absolute atomic E-state index is 11.4. The van der Waals surface area contributed by atoms with Crippen LogP contribution in [0, 0.1) is 5.92 Å². The van der Waals surface area contributed by atoms with Gasteiger partial charge in [-0.1, -0.05) is 13.3 Å². The fourth-order valence-corrected chi connectivity index (χ4v) is 1.04. The summed E-state index contributed by atoms with van der Waals surface area (Å²) >= 11 is 0. The fourth-order valence-electron chi connectivity index (χ4n) is 1.04. The topological polar surface area (TPSA) is 61.8 Å². The van der Waals surface area contributed by atoms with Crippen molar-refractivity contribution in [2.45, 2.75) is 33.6 Å². The minimum Gasteiger partial charge on any atom is -0.465 e. The van der Waals surface area contributed by atoms with E-state index < -0.39 is 17.9 Å². The van der Waals surface area contributed by atoms with E-state index in [1.807, 2.05) is 6.92 Å². The Morgan fingerprint density at radius 1 is 1.07 bits per heavy atom. The first-order valence-electron chi connectivity index (χ1n) is 5.17. The highest BCUT2D eigenvalue weighted by atomic mass is 17.2. The smallest absolute Gasteiger partial charge is 0.356 e. The van der Waals surface area contributed by atoms with Crippen LogP contribution >= 0.6 is 0 Å². The molecule has 0 aliphatic heterocycles. The summed E-state index contributed by atoms with van der Waals surface area (Å²) in [5, 5.41) is 0. The van der Waals surface area contributed by atoms with Crippen LogP contribution in [-0.4, -0.2) is 25.2 Å². The van der Waals surface area contributed by atoms with E-state index in [4.69, 9.17) is 4.74 Å². The van der Waals surface area contributed by atoms with Gasteiger partial charge in [-0.15, -0.1) is 0 Å². The molecule has 1 unspecified atom stereocenters. The van der Waals surface area contributed by atoms with Crippen molar-refractivity contribution < 1.29 is 24.1 Å². The van der Waals surface area contributed by atoms with Crippen molar-refractivity contribution in [3.8, 4) is 0 Å². The number of hydrogen-bond donors (Lipinski definition) is 0. The van der Waals surface area contributed by atoms with Gasteiger partial charge < -0.3 is 4.74 Å². The zero-order valence-corrected chi connectivity index (χ0v) is 9.45. The van der Waals surface area contributed by atoms with Gasteiger partial charge in [0.25, 0.3) is 0 Å². The zero-order chi connectivity index (χ0) is 11.7. The number of carbonyl (C=O) groups is 2. The molecule has 0 saturated heterocycles. The van der Waals surface area contributed by atoms with Crippen LogP contribution in [0.3, 0.4) is 0 Å². The summed E-state index contributed by atoms with van der Waals surface area (Å²) in [6.45, 7) is 5.76. The third kappa shape index (κ3) is 5.37. The van der Waals surface area contributed by atoms with Gasteiger partial charge in [0.15, 0.2) is 5.92 Å². The van der Waals surface area contributed by atoms with Crippen LogP contribution in [0.5, 0.6) is 0 Å². The molecule has 0 aliphatic rings. The van der Waals surface area contributed by atoms with Crippen molar-refractivity contribution >= 4 is 11.9 Å². The van der Waals surface area contributed by atoms with Crippen molar-refractivity contribution in [3.05, 3.63) is 0 Å². The van der Waals surface area contributed by atoms with E-state index >= 15 is 0 Å². The van der Waals surface area contributed by atoms with Crippen LogP contribution in [0.15, 0.2) is 0 Å². The van der Waals surface area contributed by atoms with Crippen LogP contribution in [0.1, 0.15) is 33.6 Å². The summed E-state index contributed by atoms with van der Waals surface area (Å²) in [5.74, 6) is -2.11. The molecule has 0 aliphatic carbocycles. The van der Waals surface area contributed by atoms with E-state index in [0.29, 0.717) is 12.8 Å². The Labute approximate surface area is 89.6 Å². The Kier molecular flexibility index (Phi) is 7.62. The van der Waals surface area contributed by atoms with E-state index in [9.17, 15) is 9.59 Å². The fraction of sp³-hybridized carbons (Fsp3) is 0.800. The highest BCUT2D eigenvalue weighted by molar-refractivity contribution is 5.94. The zero-order valence-electron chi connectivity index (χ0n) is 9.45. The second-order valence-electron chi connectivity index (χ2n) is 2.90. The third-order valence-corrected chi connectivity index (χ3v) is 1.69. The Morgan fingerprint density at radius 3 is 2.20 bits per heavy atom. The molecule has 1 atom stereocenters. The predicted molar refractivity (Wildman–Crippen MR) is 52.7 cm³/mol. The summed E-state index contributed by atoms with van der Waals surface area (Å²) in [5.41, 5.74) is 0. The molecule has 0 aromatic rings. The van der Waals surface area contributed by atoms with Gasteiger partial charge in [-0.3, -0.25) is 9.68 Å². The van der Waals surface area contributed by atoms with Crippen LogP contribution in [0.2, 0.25) is 0 Å². The molecular weight excluding hydrogens is 200 g/mol. The summed E-state index contributed by atoms with van der Waals surface area (Å²) < 4.78 is 4.76. The first-order valence-corrected chi connectivity index (χ1v) is 5.17. The summed E-state index contributed by atoms with van der Waals surface area (Å²) in [6, 6.07) is 0. The molecule has 0 amide bonds. The van der Waals surface area contributed by atoms with E-state index in [1.165, 1.54) is 0 Å². The minimum atomic E-state index is -0.874. The maximum Gasteiger partial charge on any atom is 0.356 e. The average Bonchev–Trinajstić information content (AvgIpc) is 2.22. The highest BCUT2D eigenvalue weighted by Gasteiger charge is 2.29. The Bertz CT molecular complexity index is 202. The lowest BCUT2D eigenvalue weighted by Gasteiger charge is -2.12. The third-order valence-electron chi connectivity index (χ3n) is 1.69. The molecule has 0 fully saturated rings. The maximum atomic E-state index is 11.4. The molecule has 15 heavy (non-hydrogen) atoms. The van der Waals surface area contributed by atoms with E-state index in [0.717, 1.165) is 0 Å². The molecule has 0 heterocycles. The molecule has 0 bridgehead atoms. The molecule has 88 valence electrons. The molecule has 0 saturated carbocycles. The highest BCUT2D eigenvalue weighted by Crippen LogP contribution is 2.11. The predicted octanol–water partition coefficient (Wildman–Crippen LogP) is 1.46. The molecule has 5 nitrogen and oxygen atoms in total. The van der Waals surface area contributed by atoms with Crippen LogP contribution in [0.25, 0.3) is 0 Å². The molecule has 0 rings (SSSR count). The lowest BCUT2D eigenvalue weighted by atomic mass is 10.0. The normalized spacial score (nSPS) is 11.9. The van der Waals surface area contributed by atoms with Gasteiger partial charge in [-0.25, -0.2) is 4.79 Å². The SMILES string of the molecule is CCCC(C(=O)OCC)C(=O)OOCC. The monoisotopic (exact) mass is 218 g/mol. The summed E-state index contributed by atoms with van der Waals surface area (Å²) in [4.78, 5) is 31.6. The first-order chi connectivity index (χ1) is 7.17. The molecule has 0 N–H and O–H groups in total. The van der Waals surface area contributed by atoms with Gasteiger partial charge >= 0.3 is 11.9 Å². The largest absolute Gasteiger partial charge is 0.465 e. The second-order valence-corrected chi connectivity index (χ2v) is 2.90. The minimum absolute atomic E-state index is 0.251. The Hall–Kier alpha value is -1.10. The molecule has 5 heteroatoms. The van der Waals surface area contributed by atoms with Crippen molar-refractivity contribution in [1.82, 2.24) is 0 Å². The molecule has 0 aromatic carbocycles. The standard InChI is InChI=1S/C10H18O5/c1-4-7-8(9(11)13-5-2)10(12)15-14-6-3/h8H,4-7H2,1-3H3. The van der Waals surface area contributed by atoms with E-state index in [-0.39, 0.29) is 13.2 Å². The quantitative estimate of drug-likeness (QED) is 0.280. The van der Waals surface area contributed by atoms with Crippen LogP contribution in [0.4, 0.5) is 0 Å². The number of carbonyl (C=O) groups excluding carboxylic acids is 2. The lowest BCUT2D eigenvalue weighted by molar-refractivity contribution is -0.273. The number of hydrogen-bond acceptors (Lipinski definition) is 5. The van der Waals surface area contributed by atoms with Gasteiger partial charge in [0.05, 0.1) is 13.2 Å². The van der Waals surface area contributed by atoms with Crippen LogP contribution < -0.4 is 0 Å². The van der Waals surface area contributed by atoms with Gasteiger partial charge in [0, 0.05) is 0 Å². The van der Waals surface area contributed by atoms with Crippen LogP contribution in [-0.2, 0) is 24.1 Å². The second kappa shape index (κ2) is 8.23. The van der Waals surface area contributed by atoms with E-state index in [2.05, 4.69) is 9.78 Å². The molecular formula is C10H18O5. The van der Waals surface area contributed by atoms with Crippen molar-refractivity contribution in [2.75, 3.05) is 13.2 Å². The molecule has 0 radical (unpaired) electrons. The lowest BCUT2D eigenvalue weighted by Crippen LogP contribution is -2.28. The number of rotatable bonds is 7. The summed E-state index contributed by atoms with van der Waals surface area (Å²) in [6.07, 6.45) is 1.11. The van der Waals surface area contributed by atoms with Crippen molar-refractivity contribution in [1.29, 1.82) is 0 Å². The first kappa shape index (κ1) is 13.9. The molecule has 0 spiro atoms. The van der Waals surface area contributed by atoms with Gasteiger partial charge in [-0.05, 0) is 20.3 Å². The average molecular weight is 218 g/mol.